The minimum atomic E-state index is -1.27. The fourth-order valence-corrected chi connectivity index (χ4v) is 2.90. The van der Waals surface area contributed by atoms with Crippen molar-refractivity contribution in [1.29, 1.82) is 0 Å². The number of amides is 1. The molecule has 3 rings (SSSR count). The molecule has 23 heavy (non-hydrogen) atoms. The molecule has 2 heterocycles. The molecule has 0 bridgehead atoms. The van der Waals surface area contributed by atoms with Crippen molar-refractivity contribution >= 4 is 22.8 Å². The average Bonchev–Trinajstić information content (AvgIpc) is 2.90. The number of hydrogen-bond acceptors (Lipinski definition) is 3. The van der Waals surface area contributed by atoms with Gasteiger partial charge in [-0.25, -0.2) is 9.18 Å². The molecule has 1 fully saturated rings. The number of halogens is 1. The van der Waals surface area contributed by atoms with E-state index < -0.39 is 11.5 Å². The molecule has 0 atom stereocenters. The summed E-state index contributed by atoms with van der Waals surface area (Å²) in [6.07, 6.45) is 2.16. The second-order valence-electron chi connectivity index (χ2n) is 5.73. The maximum atomic E-state index is 13.2. The summed E-state index contributed by atoms with van der Waals surface area (Å²) in [7, 11) is 0. The Balaban J connectivity index is 1.76. The maximum absolute atomic E-state index is 13.2. The van der Waals surface area contributed by atoms with Crippen LogP contribution in [-0.2, 0) is 20.7 Å². The summed E-state index contributed by atoms with van der Waals surface area (Å²) in [4.78, 5) is 26.8. The standard InChI is InChI=1S/C16H17FN2O4/c17-11-1-2-12-10(9-18-13(12)8-11)7-14(20)19-16(15(21)22)3-5-23-6-4-16/h1-2,8-9,18H,3-7H2,(H,19,20)(H,21,22). The van der Waals surface area contributed by atoms with Gasteiger partial charge in [-0.05, 0) is 23.8 Å². The third kappa shape index (κ3) is 3.05. The second kappa shape index (κ2) is 6.00. The SMILES string of the molecule is O=C(Cc1c[nH]c2cc(F)ccc12)NC1(C(=O)O)CCOCC1. The Kier molecular flexibility index (Phi) is 4.04. The number of carbonyl (C=O) groups excluding carboxylic acids is 1. The van der Waals surface area contributed by atoms with Crippen molar-refractivity contribution < 1.29 is 23.8 Å². The molecular weight excluding hydrogens is 303 g/mol. The number of carbonyl (C=O) groups is 2. The molecule has 0 radical (unpaired) electrons. The van der Waals surface area contributed by atoms with Crippen molar-refractivity contribution in [2.75, 3.05) is 13.2 Å². The van der Waals surface area contributed by atoms with E-state index in [0.717, 1.165) is 5.39 Å². The van der Waals surface area contributed by atoms with Gasteiger partial charge in [-0.3, -0.25) is 4.79 Å². The van der Waals surface area contributed by atoms with Gasteiger partial charge in [0.1, 0.15) is 11.4 Å². The topological polar surface area (TPSA) is 91.4 Å². The Bertz CT molecular complexity index is 750. The fraction of sp³-hybridized carbons (Fsp3) is 0.375. The molecular formula is C16H17FN2O4. The molecule has 7 heteroatoms. The van der Waals surface area contributed by atoms with E-state index in [2.05, 4.69) is 10.3 Å². The summed E-state index contributed by atoms with van der Waals surface area (Å²) in [5, 5.41) is 12.8. The van der Waals surface area contributed by atoms with E-state index in [0.29, 0.717) is 24.3 Å². The molecule has 3 N–H and O–H groups in total. The molecule has 1 aliphatic rings. The lowest BCUT2D eigenvalue weighted by molar-refractivity contribution is -0.152. The first-order valence-electron chi connectivity index (χ1n) is 7.38. The molecule has 6 nitrogen and oxygen atoms in total. The number of rotatable bonds is 4. The van der Waals surface area contributed by atoms with E-state index >= 15 is 0 Å². The van der Waals surface area contributed by atoms with Gasteiger partial charge >= 0.3 is 5.97 Å². The lowest BCUT2D eigenvalue weighted by Crippen LogP contribution is -2.57. The van der Waals surface area contributed by atoms with Crippen LogP contribution in [-0.4, -0.2) is 40.7 Å². The number of benzene rings is 1. The summed E-state index contributed by atoms with van der Waals surface area (Å²) in [5.41, 5.74) is 0.0324. The second-order valence-corrected chi connectivity index (χ2v) is 5.73. The van der Waals surface area contributed by atoms with Gasteiger partial charge < -0.3 is 20.1 Å². The maximum Gasteiger partial charge on any atom is 0.329 e. The molecule has 1 aromatic heterocycles. The Labute approximate surface area is 131 Å². The highest BCUT2D eigenvalue weighted by atomic mass is 19.1. The van der Waals surface area contributed by atoms with E-state index in [-0.39, 0.29) is 31.0 Å². The number of H-pyrrole nitrogens is 1. The number of aromatic amines is 1. The smallest absolute Gasteiger partial charge is 0.329 e. The summed E-state index contributed by atoms with van der Waals surface area (Å²) >= 11 is 0. The van der Waals surface area contributed by atoms with Crippen LogP contribution in [0.1, 0.15) is 18.4 Å². The van der Waals surface area contributed by atoms with Crippen molar-refractivity contribution in [3.8, 4) is 0 Å². The number of hydrogen-bond donors (Lipinski definition) is 3. The van der Waals surface area contributed by atoms with Gasteiger partial charge in [0.05, 0.1) is 6.42 Å². The van der Waals surface area contributed by atoms with Crippen LogP contribution in [0.3, 0.4) is 0 Å². The molecule has 0 unspecified atom stereocenters. The van der Waals surface area contributed by atoms with Crippen LogP contribution in [0.2, 0.25) is 0 Å². The van der Waals surface area contributed by atoms with Gasteiger partial charge in [-0.2, -0.15) is 0 Å². The summed E-state index contributed by atoms with van der Waals surface area (Å²) in [6.45, 7) is 0.609. The highest BCUT2D eigenvalue weighted by molar-refractivity contribution is 5.92. The van der Waals surface area contributed by atoms with Gasteiger partial charge in [0.2, 0.25) is 5.91 Å². The van der Waals surface area contributed by atoms with Crippen LogP contribution in [0.4, 0.5) is 4.39 Å². The van der Waals surface area contributed by atoms with Crippen LogP contribution >= 0.6 is 0 Å². The minimum Gasteiger partial charge on any atom is -0.480 e. The van der Waals surface area contributed by atoms with Crippen LogP contribution < -0.4 is 5.32 Å². The first-order valence-corrected chi connectivity index (χ1v) is 7.38. The molecule has 0 spiro atoms. The predicted octanol–water partition coefficient (Wildman–Crippen LogP) is 1.60. The largest absolute Gasteiger partial charge is 0.480 e. The molecule has 122 valence electrons. The molecule has 1 aliphatic heterocycles. The van der Waals surface area contributed by atoms with Crippen molar-refractivity contribution in [1.82, 2.24) is 10.3 Å². The number of carboxylic acid groups (broad SMARTS) is 1. The van der Waals surface area contributed by atoms with Gasteiger partial charge in [-0.1, -0.05) is 0 Å². The summed E-state index contributed by atoms with van der Waals surface area (Å²) in [6, 6.07) is 4.29. The number of fused-ring (bicyclic) bond motifs is 1. The minimum absolute atomic E-state index is 0.0293. The number of aromatic nitrogens is 1. The van der Waals surface area contributed by atoms with Crippen LogP contribution in [0.15, 0.2) is 24.4 Å². The normalized spacial score (nSPS) is 17.1. The highest BCUT2D eigenvalue weighted by Gasteiger charge is 2.41. The third-order valence-corrected chi connectivity index (χ3v) is 4.21. The molecule has 1 saturated heterocycles. The molecule has 1 aromatic carbocycles. The first-order chi connectivity index (χ1) is 11.0. The monoisotopic (exact) mass is 320 g/mol. The van der Waals surface area contributed by atoms with Gasteiger partial charge in [0, 0.05) is 43.2 Å². The Hall–Kier alpha value is -2.41. The zero-order valence-corrected chi connectivity index (χ0v) is 12.4. The predicted molar refractivity (Wildman–Crippen MR) is 80.5 cm³/mol. The van der Waals surface area contributed by atoms with Crippen molar-refractivity contribution in [2.45, 2.75) is 24.8 Å². The number of nitrogens with one attached hydrogen (secondary N) is 2. The number of aliphatic carboxylic acids is 1. The van der Waals surface area contributed by atoms with E-state index in [1.807, 2.05) is 0 Å². The lowest BCUT2D eigenvalue weighted by atomic mass is 9.90. The number of ether oxygens (including phenoxy) is 1. The molecule has 0 saturated carbocycles. The van der Waals surface area contributed by atoms with Crippen LogP contribution in [0.5, 0.6) is 0 Å². The van der Waals surface area contributed by atoms with E-state index in [1.54, 1.807) is 12.3 Å². The third-order valence-electron chi connectivity index (χ3n) is 4.21. The zero-order chi connectivity index (χ0) is 16.4. The van der Waals surface area contributed by atoms with Gasteiger partial charge in [0.25, 0.3) is 0 Å². The van der Waals surface area contributed by atoms with Gasteiger partial charge in [-0.15, -0.1) is 0 Å². The Morgan fingerprint density at radius 1 is 1.35 bits per heavy atom. The lowest BCUT2D eigenvalue weighted by Gasteiger charge is -2.33. The Morgan fingerprint density at radius 2 is 2.09 bits per heavy atom. The molecule has 1 amide bonds. The number of carboxylic acids is 1. The first kappa shape index (κ1) is 15.5. The fourth-order valence-electron chi connectivity index (χ4n) is 2.90. The average molecular weight is 320 g/mol. The quantitative estimate of drug-likeness (QED) is 0.798. The molecule has 0 aliphatic carbocycles. The van der Waals surface area contributed by atoms with E-state index in [9.17, 15) is 19.1 Å². The van der Waals surface area contributed by atoms with Crippen molar-refractivity contribution in [3.05, 3.63) is 35.8 Å². The summed E-state index contributed by atoms with van der Waals surface area (Å²) < 4.78 is 18.4. The van der Waals surface area contributed by atoms with Crippen molar-refractivity contribution in [3.63, 3.8) is 0 Å². The Morgan fingerprint density at radius 3 is 2.78 bits per heavy atom. The van der Waals surface area contributed by atoms with Crippen molar-refractivity contribution in [2.24, 2.45) is 0 Å². The summed E-state index contributed by atoms with van der Waals surface area (Å²) in [5.74, 6) is -1.78. The van der Waals surface area contributed by atoms with Crippen LogP contribution in [0, 0.1) is 5.82 Å². The van der Waals surface area contributed by atoms with Gasteiger partial charge in [0.15, 0.2) is 0 Å². The molecule has 2 aromatic rings. The van der Waals surface area contributed by atoms with E-state index in [4.69, 9.17) is 4.74 Å². The van der Waals surface area contributed by atoms with Crippen LogP contribution in [0.25, 0.3) is 10.9 Å². The van der Waals surface area contributed by atoms with E-state index in [1.165, 1.54) is 12.1 Å². The zero-order valence-electron chi connectivity index (χ0n) is 12.4. The highest BCUT2D eigenvalue weighted by Crippen LogP contribution is 2.23.